The third-order valence-corrected chi connectivity index (χ3v) is 6.79. The molecule has 11 heteroatoms. The van der Waals surface area contributed by atoms with E-state index in [1.165, 1.54) is 12.1 Å². The van der Waals surface area contributed by atoms with Gasteiger partial charge in [0.15, 0.2) is 5.82 Å². The van der Waals surface area contributed by atoms with Crippen LogP contribution in [-0.2, 0) is 20.0 Å². The van der Waals surface area contributed by atoms with E-state index >= 15 is 0 Å². The van der Waals surface area contributed by atoms with Crippen LogP contribution in [0.5, 0.6) is 0 Å². The molecule has 0 bridgehead atoms. The molecule has 0 atom stereocenters. The third-order valence-electron chi connectivity index (χ3n) is 6.79. The van der Waals surface area contributed by atoms with Crippen LogP contribution in [0.25, 0.3) is 22.5 Å². The summed E-state index contributed by atoms with van der Waals surface area (Å²) < 4.78 is 16.5. The minimum atomic E-state index is -0.279. The van der Waals surface area contributed by atoms with Crippen LogP contribution < -0.4 is 16.0 Å². The Kier molecular flexibility index (Phi) is 9.63. The highest BCUT2D eigenvalue weighted by Gasteiger charge is 2.13. The van der Waals surface area contributed by atoms with Gasteiger partial charge in [0.1, 0.15) is 5.82 Å². The lowest BCUT2D eigenvalue weighted by molar-refractivity contribution is 0.252. The van der Waals surface area contributed by atoms with Crippen LogP contribution in [0.1, 0.15) is 24.0 Å². The van der Waals surface area contributed by atoms with Gasteiger partial charge in [0.05, 0.1) is 12.7 Å². The first-order valence-electron chi connectivity index (χ1n) is 14.0. The summed E-state index contributed by atoms with van der Waals surface area (Å²) in [5, 5.41) is 25.7. The Balaban J connectivity index is 1.14. The lowest BCUT2D eigenvalue weighted by Crippen LogP contribution is -2.30. The Labute approximate surface area is 244 Å². The van der Waals surface area contributed by atoms with E-state index in [4.69, 9.17) is 0 Å². The molecule has 0 radical (unpaired) electrons. The molecular formula is C31H34FN9O. The number of nitrogens with zero attached hydrogens (tertiary/aromatic N) is 6. The van der Waals surface area contributed by atoms with Crippen molar-refractivity contribution >= 4 is 11.7 Å². The molecule has 0 aliphatic carbocycles. The third kappa shape index (κ3) is 8.07. The lowest BCUT2D eigenvalue weighted by Gasteiger charge is -2.11. The zero-order valence-electron chi connectivity index (χ0n) is 23.5. The van der Waals surface area contributed by atoms with Crippen LogP contribution in [-0.4, -0.2) is 55.7 Å². The number of carbonyl (C=O) groups excluding carboxylic acids is 1. The Hall–Kier alpha value is -4.90. The number of benzene rings is 3. The molecule has 3 N–H and O–H groups in total. The summed E-state index contributed by atoms with van der Waals surface area (Å²) in [6, 6.07) is 22.2. The number of hydrogen-bond acceptors (Lipinski definition) is 6. The van der Waals surface area contributed by atoms with Gasteiger partial charge in [-0.05, 0) is 89.8 Å². The predicted octanol–water partition coefficient (Wildman–Crippen LogP) is 4.66. The largest absolute Gasteiger partial charge is 0.338 e. The van der Waals surface area contributed by atoms with Gasteiger partial charge in [-0.15, -0.1) is 5.10 Å². The van der Waals surface area contributed by atoms with Gasteiger partial charge in [0.25, 0.3) is 0 Å². The van der Waals surface area contributed by atoms with E-state index in [1.807, 2.05) is 53.5 Å². The van der Waals surface area contributed by atoms with Crippen molar-refractivity contribution in [3.8, 4) is 22.5 Å². The summed E-state index contributed by atoms with van der Waals surface area (Å²) in [4.78, 5) is 12.7. The van der Waals surface area contributed by atoms with E-state index < -0.39 is 0 Å². The number of unbranched alkanes of at least 4 members (excludes halogenated alkanes) is 1. The highest BCUT2D eigenvalue weighted by molar-refractivity contribution is 5.91. The van der Waals surface area contributed by atoms with Gasteiger partial charge in [0.2, 0.25) is 0 Å². The normalized spacial score (nSPS) is 11.0. The Morgan fingerprint density at radius 1 is 0.881 bits per heavy atom. The molecule has 42 heavy (non-hydrogen) atoms. The average molecular weight is 568 g/mol. The number of hydrogen-bond donors (Lipinski definition) is 3. The molecule has 0 fully saturated rings. The van der Waals surface area contributed by atoms with E-state index in [1.54, 1.807) is 23.9 Å². The fourth-order valence-corrected chi connectivity index (χ4v) is 4.60. The SMILES string of the molecule is Cn1nnnc1-c1cc(NC(=O)NCCCCNCCc2ccc(F)cc2)cc(-c2cnn(Cc3ccccc3)c2)c1. The van der Waals surface area contributed by atoms with Crippen molar-refractivity contribution in [3.05, 3.63) is 102 Å². The average Bonchev–Trinajstić information content (AvgIpc) is 3.65. The van der Waals surface area contributed by atoms with Gasteiger partial charge < -0.3 is 16.0 Å². The lowest BCUT2D eigenvalue weighted by atomic mass is 10.0. The van der Waals surface area contributed by atoms with E-state index in [0.29, 0.717) is 24.6 Å². The van der Waals surface area contributed by atoms with Gasteiger partial charge >= 0.3 is 6.03 Å². The first-order valence-corrected chi connectivity index (χ1v) is 14.0. The van der Waals surface area contributed by atoms with Crippen LogP contribution in [0, 0.1) is 5.82 Å². The number of anilines is 1. The molecule has 0 unspecified atom stereocenters. The second kappa shape index (κ2) is 14.1. The smallest absolute Gasteiger partial charge is 0.319 e. The topological polar surface area (TPSA) is 115 Å². The van der Waals surface area contributed by atoms with Crippen molar-refractivity contribution in [1.29, 1.82) is 0 Å². The second-order valence-corrected chi connectivity index (χ2v) is 10.1. The van der Waals surface area contributed by atoms with E-state index in [0.717, 1.165) is 60.2 Å². The van der Waals surface area contributed by atoms with Crippen LogP contribution in [0.15, 0.2) is 85.2 Å². The van der Waals surface area contributed by atoms with Gasteiger partial charge in [-0.25, -0.2) is 13.9 Å². The highest BCUT2D eigenvalue weighted by Crippen LogP contribution is 2.29. The number of carbonyl (C=O) groups is 1. The van der Waals surface area contributed by atoms with Crippen molar-refractivity contribution < 1.29 is 9.18 Å². The number of aromatic nitrogens is 6. The van der Waals surface area contributed by atoms with Gasteiger partial charge in [-0.3, -0.25) is 4.68 Å². The summed E-state index contributed by atoms with van der Waals surface area (Å²) >= 11 is 0. The maximum Gasteiger partial charge on any atom is 0.319 e. The van der Waals surface area contributed by atoms with Gasteiger partial charge in [-0.1, -0.05) is 42.5 Å². The van der Waals surface area contributed by atoms with Crippen LogP contribution in [0.2, 0.25) is 0 Å². The van der Waals surface area contributed by atoms with Crippen molar-refractivity contribution in [3.63, 3.8) is 0 Å². The Bertz CT molecular complexity index is 1580. The van der Waals surface area contributed by atoms with Crippen molar-refractivity contribution in [1.82, 2.24) is 40.6 Å². The number of rotatable bonds is 13. The standard InChI is InChI=1S/C31H34FN9O/c1-40-30(37-38-39-40)26-17-25(27-20-35-41(22-27)21-24-7-3-2-4-8-24)18-29(19-26)36-31(42)34-15-6-5-14-33-16-13-23-9-11-28(32)12-10-23/h2-4,7-12,17-20,22,33H,5-6,13-16,21H2,1H3,(H2,34,36,42). The molecule has 0 saturated heterocycles. The quantitative estimate of drug-likeness (QED) is 0.178. The molecule has 5 aromatic rings. The number of nitrogens with one attached hydrogen (secondary N) is 3. The molecule has 0 aliphatic heterocycles. The summed E-state index contributed by atoms with van der Waals surface area (Å²) in [5.41, 5.74) is 5.46. The van der Waals surface area contributed by atoms with E-state index in [9.17, 15) is 9.18 Å². The fraction of sp³-hybridized carbons (Fsp3) is 0.258. The molecule has 0 spiro atoms. The minimum absolute atomic E-state index is 0.217. The monoisotopic (exact) mass is 567 g/mol. The maximum absolute atomic E-state index is 13.0. The predicted molar refractivity (Wildman–Crippen MR) is 160 cm³/mol. The molecule has 0 saturated carbocycles. The van der Waals surface area contributed by atoms with E-state index in [2.05, 4.69) is 48.7 Å². The molecule has 10 nitrogen and oxygen atoms in total. The molecule has 2 heterocycles. The summed E-state index contributed by atoms with van der Waals surface area (Å²) in [6.07, 6.45) is 6.41. The number of halogens is 1. The molecule has 3 aromatic carbocycles. The molecule has 2 amide bonds. The number of urea groups is 1. The zero-order valence-corrected chi connectivity index (χ0v) is 23.5. The van der Waals surface area contributed by atoms with Crippen LogP contribution in [0.3, 0.4) is 0 Å². The van der Waals surface area contributed by atoms with Crippen LogP contribution >= 0.6 is 0 Å². The van der Waals surface area contributed by atoms with Gasteiger partial charge in [-0.2, -0.15) is 5.10 Å². The van der Waals surface area contributed by atoms with Crippen molar-refractivity contribution in [2.45, 2.75) is 25.8 Å². The number of tetrazole rings is 1. The summed E-state index contributed by atoms with van der Waals surface area (Å²) in [5.74, 6) is 0.370. The van der Waals surface area contributed by atoms with E-state index in [-0.39, 0.29) is 11.8 Å². The molecule has 216 valence electrons. The highest BCUT2D eigenvalue weighted by atomic mass is 19.1. The first-order chi connectivity index (χ1) is 20.5. The number of amides is 2. The second-order valence-electron chi connectivity index (χ2n) is 10.1. The van der Waals surface area contributed by atoms with Crippen molar-refractivity contribution in [2.75, 3.05) is 25.0 Å². The summed E-state index contributed by atoms with van der Waals surface area (Å²) in [6.45, 7) is 2.88. The molecule has 0 aliphatic rings. The number of aryl methyl sites for hydroxylation is 1. The molecular weight excluding hydrogens is 533 g/mol. The van der Waals surface area contributed by atoms with Crippen molar-refractivity contribution in [2.24, 2.45) is 7.05 Å². The Morgan fingerprint density at radius 2 is 1.67 bits per heavy atom. The minimum Gasteiger partial charge on any atom is -0.338 e. The van der Waals surface area contributed by atoms with Gasteiger partial charge in [0, 0.05) is 36.6 Å². The molecule has 5 rings (SSSR count). The fourth-order valence-electron chi connectivity index (χ4n) is 4.60. The maximum atomic E-state index is 13.0. The first kappa shape index (κ1) is 28.6. The van der Waals surface area contributed by atoms with Crippen LogP contribution in [0.4, 0.5) is 14.9 Å². The zero-order chi connectivity index (χ0) is 29.1. The summed E-state index contributed by atoms with van der Waals surface area (Å²) in [7, 11) is 1.78. The molecule has 2 aromatic heterocycles. The Morgan fingerprint density at radius 3 is 2.45 bits per heavy atom.